The zero-order valence-electron chi connectivity index (χ0n) is 11.6. The fourth-order valence-electron chi connectivity index (χ4n) is 1.81. The van der Waals surface area contributed by atoms with E-state index in [-0.39, 0.29) is 0 Å². The summed E-state index contributed by atoms with van der Waals surface area (Å²) in [6, 6.07) is 5.81. The summed E-state index contributed by atoms with van der Waals surface area (Å²) in [7, 11) is 0. The van der Waals surface area contributed by atoms with Gasteiger partial charge < -0.3 is 10.7 Å². The zero-order valence-corrected chi connectivity index (χ0v) is 12.4. The van der Waals surface area contributed by atoms with Crippen LogP contribution in [0.2, 0.25) is 0 Å². The number of hydrogen-bond acceptors (Lipinski definition) is 7. The van der Waals surface area contributed by atoms with Crippen molar-refractivity contribution in [1.82, 2.24) is 15.0 Å². The first kappa shape index (κ1) is 14.5. The molecule has 0 aliphatic heterocycles. The van der Waals surface area contributed by atoms with Gasteiger partial charge in [0.05, 0.1) is 12.2 Å². The highest BCUT2D eigenvalue weighted by molar-refractivity contribution is 7.98. The van der Waals surface area contributed by atoms with Crippen molar-refractivity contribution in [3.05, 3.63) is 35.7 Å². The van der Waals surface area contributed by atoms with E-state index in [1.165, 1.54) is 17.3 Å². The first-order valence-corrected chi connectivity index (χ1v) is 7.55. The lowest BCUT2D eigenvalue weighted by atomic mass is 10.1. The van der Waals surface area contributed by atoms with Crippen molar-refractivity contribution in [3.8, 4) is 0 Å². The smallest absolute Gasteiger partial charge is 0.191 e. The quantitative estimate of drug-likeness (QED) is 0.325. The van der Waals surface area contributed by atoms with Crippen LogP contribution in [0.1, 0.15) is 18.2 Å². The third kappa shape index (κ3) is 3.58. The van der Waals surface area contributed by atoms with Gasteiger partial charge in [-0.2, -0.15) is 0 Å². The van der Waals surface area contributed by atoms with Crippen LogP contribution in [0.5, 0.6) is 0 Å². The second-order valence-electron chi connectivity index (χ2n) is 4.09. The van der Waals surface area contributed by atoms with E-state index in [0.717, 1.165) is 17.9 Å². The fourth-order valence-corrected chi connectivity index (χ4v) is 2.19. The Morgan fingerprint density at radius 1 is 1.30 bits per heavy atom. The van der Waals surface area contributed by atoms with E-state index in [0.29, 0.717) is 17.5 Å². The highest BCUT2D eigenvalue weighted by atomic mass is 32.2. The molecule has 4 N–H and O–H groups in total. The molecule has 7 heteroatoms. The molecule has 0 saturated carbocycles. The van der Waals surface area contributed by atoms with Crippen LogP contribution in [-0.4, -0.2) is 21.2 Å². The first-order valence-electron chi connectivity index (χ1n) is 6.33. The number of thioether (sulfide) groups is 1. The molecule has 106 valence electrons. The molecule has 0 radical (unpaired) electrons. The van der Waals surface area contributed by atoms with Crippen molar-refractivity contribution in [2.24, 2.45) is 5.84 Å². The minimum atomic E-state index is 0.587. The number of hydrogen-bond donors (Lipinski definition) is 3. The second-order valence-corrected chi connectivity index (χ2v) is 4.86. The van der Waals surface area contributed by atoms with Crippen molar-refractivity contribution < 1.29 is 0 Å². The maximum Gasteiger partial charge on any atom is 0.191 e. The van der Waals surface area contributed by atoms with Gasteiger partial charge in [0.15, 0.2) is 5.16 Å². The summed E-state index contributed by atoms with van der Waals surface area (Å²) in [6.07, 6.45) is 4.68. The standard InChI is InChI=1S/C13H18N6S/c1-3-9-5-4-6-15-10(9)8-16-11-7-12(19-14)18-13(17-11)20-2/h4-7H,3,8,14H2,1-2H3,(H2,16,17,18,19). The van der Waals surface area contributed by atoms with E-state index in [4.69, 9.17) is 5.84 Å². The minimum Gasteiger partial charge on any atom is -0.364 e. The summed E-state index contributed by atoms with van der Waals surface area (Å²) in [5.74, 6) is 6.72. The molecule has 2 rings (SSSR count). The van der Waals surface area contributed by atoms with E-state index < -0.39 is 0 Å². The Hall–Kier alpha value is -1.86. The van der Waals surface area contributed by atoms with Gasteiger partial charge in [-0.15, -0.1) is 0 Å². The van der Waals surface area contributed by atoms with E-state index in [9.17, 15) is 0 Å². The van der Waals surface area contributed by atoms with Crippen LogP contribution in [0, 0.1) is 0 Å². The van der Waals surface area contributed by atoms with Crippen molar-refractivity contribution in [3.63, 3.8) is 0 Å². The molecule has 0 fully saturated rings. The van der Waals surface area contributed by atoms with Crippen LogP contribution in [0.15, 0.2) is 29.6 Å². The molecular formula is C13H18N6S. The molecule has 0 aliphatic rings. The van der Waals surface area contributed by atoms with Crippen molar-refractivity contribution >= 4 is 23.4 Å². The molecule has 2 heterocycles. The molecule has 0 atom stereocenters. The predicted molar refractivity (Wildman–Crippen MR) is 82.6 cm³/mol. The minimum absolute atomic E-state index is 0.587. The zero-order chi connectivity index (χ0) is 14.4. The summed E-state index contributed by atoms with van der Waals surface area (Å²) >= 11 is 1.47. The molecule has 2 aromatic heterocycles. The Balaban J connectivity index is 2.14. The van der Waals surface area contributed by atoms with Crippen molar-refractivity contribution in [2.75, 3.05) is 17.0 Å². The van der Waals surface area contributed by atoms with Crippen LogP contribution >= 0.6 is 11.8 Å². The van der Waals surface area contributed by atoms with Gasteiger partial charge in [0.1, 0.15) is 11.6 Å². The Morgan fingerprint density at radius 2 is 2.10 bits per heavy atom. The molecular weight excluding hydrogens is 272 g/mol. The van der Waals surface area contributed by atoms with Gasteiger partial charge in [-0.05, 0) is 24.3 Å². The third-order valence-electron chi connectivity index (χ3n) is 2.84. The molecule has 0 saturated heterocycles. The molecule has 0 amide bonds. The number of nitrogens with one attached hydrogen (secondary N) is 2. The van der Waals surface area contributed by atoms with Crippen molar-refractivity contribution in [1.29, 1.82) is 0 Å². The fraction of sp³-hybridized carbons (Fsp3) is 0.308. The molecule has 0 aliphatic carbocycles. The lowest BCUT2D eigenvalue weighted by molar-refractivity contribution is 0.928. The van der Waals surface area contributed by atoms with Crippen LogP contribution in [0.25, 0.3) is 0 Å². The van der Waals surface area contributed by atoms with Crippen LogP contribution in [-0.2, 0) is 13.0 Å². The topological polar surface area (TPSA) is 88.8 Å². The number of nitrogens with zero attached hydrogens (tertiary/aromatic N) is 3. The lowest BCUT2D eigenvalue weighted by Crippen LogP contribution is -2.11. The lowest BCUT2D eigenvalue weighted by Gasteiger charge is -2.10. The average molecular weight is 290 g/mol. The van der Waals surface area contributed by atoms with Gasteiger partial charge in [-0.3, -0.25) is 4.98 Å². The Morgan fingerprint density at radius 3 is 2.80 bits per heavy atom. The number of rotatable bonds is 6. The number of nitrogens with two attached hydrogens (primary N) is 1. The van der Waals surface area contributed by atoms with Gasteiger partial charge in [-0.1, -0.05) is 24.8 Å². The van der Waals surface area contributed by atoms with Gasteiger partial charge in [-0.25, -0.2) is 15.8 Å². The highest BCUT2D eigenvalue weighted by Gasteiger charge is 2.05. The van der Waals surface area contributed by atoms with Gasteiger partial charge >= 0.3 is 0 Å². The number of aryl methyl sites for hydroxylation is 1. The van der Waals surface area contributed by atoms with Gasteiger partial charge in [0.2, 0.25) is 0 Å². The first-order chi connectivity index (χ1) is 9.76. The molecule has 0 aromatic carbocycles. The summed E-state index contributed by atoms with van der Waals surface area (Å²) in [6.45, 7) is 2.74. The number of nitrogen functional groups attached to an aromatic ring is 1. The van der Waals surface area contributed by atoms with Gasteiger partial charge in [0.25, 0.3) is 0 Å². The second kappa shape index (κ2) is 7.06. The number of anilines is 2. The number of aromatic nitrogens is 3. The number of hydrazine groups is 1. The molecule has 0 spiro atoms. The van der Waals surface area contributed by atoms with Crippen LogP contribution in [0.4, 0.5) is 11.6 Å². The maximum atomic E-state index is 5.41. The van der Waals surface area contributed by atoms with Crippen LogP contribution < -0.4 is 16.6 Å². The third-order valence-corrected chi connectivity index (χ3v) is 3.39. The van der Waals surface area contributed by atoms with E-state index >= 15 is 0 Å². The molecule has 6 nitrogen and oxygen atoms in total. The highest BCUT2D eigenvalue weighted by Crippen LogP contribution is 2.17. The molecule has 0 bridgehead atoms. The monoisotopic (exact) mass is 290 g/mol. The molecule has 20 heavy (non-hydrogen) atoms. The average Bonchev–Trinajstić information content (AvgIpc) is 2.52. The van der Waals surface area contributed by atoms with Crippen molar-refractivity contribution in [2.45, 2.75) is 25.0 Å². The summed E-state index contributed by atoms with van der Waals surface area (Å²) in [5, 5.41) is 3.93. The summed E-state index contributed by atoms with van der Waals surface area (Å²) in [4.78, 5) is 13.0. The SMILES string of the molecule is CCc1cccnc1CNc1cc(NN)nc(SC)n1. The van der Waals surface area contributed by atoms with E-state index in [1.54, 1.807) is 12.3 Å². The van der Waals surface area contributed by atoms with Crippen LogP contribution in [0.3, 0.4) is 0 Å². The molecule has 2 aromatic rings. The Bertz CT molecular complexity index is 552. The molecule has 0 unspecified atom stereocenters. The predicted octanol–water partition coefficient (Wildman–Crippen LogP) is 2.05. The number of pyridine rings is 1. The summed E-state index contributed by atoms with van der Waals surface area (Å²) in [5.41, 5.74) is 4.80. The normalized spacial score (nSPS) is 10.3. The Labute approximate surface area is 122 Å². The van der Waals surface area contributed by atoms with E-state index in [1.807, 2.05) is 12.3 Å². The largest absolute Gasteiger partial charge is 0.364 e. The van der Waals surface area contributed by atoms with Gasteiger partial charge in [0, 0.05) is 12.3 Å². The summed E-state index contributed by atoms with van der Waals surface area (Å²) < 4.78 is 0. The Kier molecular flexibility index (Phi) is 5.14. The maximum absolute atomic E-state index is 5.41. The van der Waals surface area contributed by atoms with E-state index in [2.05, 4.69) is 38.7 Å².